The molecule has 1 unspecified atom stereocenters. The first-order valence-electron chi connectivity index (χ1n) is 6.59. The fraction of sp³-hybridized carbons (Fsp3) is 0.357. The largest absolute Gasteiger partial charge is 0.344 e. The summed E-state index contributed by atoms with van der Waals surface area (Å²) in [7, 11) is 1.84. The molecular weight excluding hydrogens is 254 g/mol. The van der Waals surface area contributed by atoms with Crippen molar-refractivity contribution in [3.63, 3.8) is 0 Å². The van der Waals surface area contributed by atoms with Crippen LogP contribution in [0.3, 0.4) is 0 Å². The first-order chi connectivity index (χ1) is 9.58. The monoisotopic (exact) mass is 273 g/mol. The number of carbonyl (C=O) groups excluding carboxylic acids is 1. The van der Waals surface area contributed by atoms with Crippen molar-refractivity contribution in [1.82, 2.24) is 24.9 Å². The van der Waals surface area contributed by atoms with Gasteiger partial charge in [0.25, 0.3) is 0 Å². The van der Waals surface area contributed by atoms with Crippen molar-refractivity contribution in [3.05, 3.63) is 42.0 Å². The van der Waals surface area contributed by atoms with E-state index in [0.29, 0.717) is 0 Å². The van der Waals surface area contributed by atoms with Gasteiger partial charge in [-0.05, 0) is 26.0 Å². The molecule has 0 spiro atoms. The molecular formula is C14H19N5O. The van der Waals surface area contributed by atoms with E-state index >= 15 is 0 Å². The van der Waals surface area contributed by atoms with Gasteiger partial charge in [0, 0.05) is 37.6 Å². The second kappa shape index (κ2) is 6.18. The zero-order valence-corrected chi connectivity index (χ0v) is 11.9. The molecule has 2 aromatic rings. The van der Waals surface area contributed by atoms with Gasteiger partial charge >= 0.3 is 0 Å². The first kappa shape index (κ1) is 14.0. The molecule has 0 aliphatic rings. The molecule has 1 amide bonds. The van der Waals surface area contributed by atoms with Crippen LogP contribution in [0.25, 0.3) is 6.08 Å². The average Bonchev–Trinajstić information content (AvgIpc) is 3.05. The third-order valence-electron chi connectivity index (χ3n) is 2.94. The van der Waals surface area contributed by atoms with Gasteiger partial charge in [0.2, 0.25) is 5.91 Å². The van der Waals surface area contributed by atoms with Gasteiger partial charge in [-0.3, -0.25) is 14.2 Å². The fourth-order valence-electron chi connectivity index (χ4n) is 1.82. The summed E-state index contributed by atoms with van der Waals surface area (Å²) in [5, 5.41) is 11.3. The zero-order chi connectivity index (χ0) is 14.5. The molecule has 1 N–H and O–H groups in total. The topological polar surface area (TPSA) is 64.7 Å². The number of hydrogen-bond donors (Lipinski definition) is 1. The van der Waals surface area contributed by atoms with Crippen molar-refractivity contribution in [2.24, 2.45) is 7.05 Å². The Balaban J connectivity index is 1.92. The molecule has 2 heterocycles. The van der Waals surface area contributed by atoms with Crippen LogP contribution in [0.1, 0.15) is 31.1 Å². The van der Waals surface area contributed by atoms with Crippen molar-refractivity contribution in [2.45, 2.75) is 26.4 Å². The van der Waals surface area contributed by atoms with E-state index in [2.05, 4.69) is 15.5 Å². The minimum absolute atomic E-state index is 0.117. The van der Waals surface area contributed by atoms with Crippen LogP contribution in [-0.2, 0) is 18.4 Å². The number of nitrogens with one attached hydrogen (secondary N) is 1. The summed E-state index contributed by atoms with van der Waals surface area (Å²) in [5.41, 5.74) is 1.75. The summed E-state index contributed by atoms with van der Waals surface area (Å²) >= 11 is 0. The van der Waals surface area contributed by atoms with Gasteiger partial charge in [0.1, 0.15) is 0 Å². The van der Waals surface area contributed by atoms with E-state index < -0.39 is 0 Å². The van der Waals surface area contributed by atoms with Crippen LogP contribution < -0.4 is 5.32 Å². The number of rotatable bonds is 5. The Morgan fingerprint density at radius 1 is 1.55 bits per heavy atom. The predicted octanol–water partition coefficient (Wildman–Crippen LogP) is 1.53. The minimum Gasteiger partial charge on any atom is -0.344 e. The van der Waals surface area contributed by atoms with Gasteiger partial charge in [-0.25, -0.2) is 0 Å². The maximum absolute atomic E-state index is 11.8. The van der Waals surface area contributed by atoms with E-state index in [9.17, 15) is 4.79 Å². The van der Waals surface area contributed by atoms with E-state index in [1.807, 2.05) is 44.0 Å². The lowest BCUT2D eigenvalue weighted by atomic mass is 10.2. The standard InChI is InChI=1S/C14H19N5O/c1-4-19-8-7-13(17-19)11(2)16-14(20)6-5-12-9-15-18(3)10-12/h5-11H,4H2,1-3H3,(H,16,20)/b6-5+. The molecule has 0 aromatic carbocycles. The summed E-state index contributed by atoms with van der Waals surface area (Å²) < 4.78 is 3.53. The van der Waals surface area contributed by atoms with Crippen molar-refractivity contribution in [3.8, 4) is 0 Å². The normalized spacial score (nSPS) is 12.8. The Labute approximate surface area is 118 Å². The van der Waals surface area contributed by atoms with E-state index in [-0.39, 0.29) is 11.9 Å². The fourth-order valence-corrected chi connectivity index (χ4v) is 1.82. The summed E-state index contributed by atoms with van der Waals surface area (Å²) in [5.74, 6) is -0.146. The second-order valence-corrected chi connectivity index (χ2v) is 4.61. The van der Waals surface area contributed by atoms with Crippen molar-refractivity contribution >= 4 is 12.0 Å². The number of aromatic nitrogens is 4. The number of hydrogen-bond acceptors (Lipinski definition) is 3. The van der Waals surface area contributed by atoms with E-state index in [0.717, 1.165) is 17.8 Å². The molecule has 6 heteroatoms. The third kappa shape index (κ3) is 3.57. The number of amides is 1. The molecule has 6 nitrogen and oxygen atoms in total. The van der Waals surface area contributed by atoms with Crippen LogP contribution in [0.4, 0.5) is 0 Å². The predicted molar refractivity (Wildman–Crippen MR) is 76.7 cm³/mol. The van der Waals surface area contributed by atoms with Gasteiger partial charge in [-0.1, -0.05) is 0 Å². The Hall–Kier alpha value is -2.37. The van der Waals surface area contributed by atoms with Crippen LogP contribution >= 0.6 is 0 Å². The van der Waals surface area contributed by atoms with Crippen molar-refractivity contribution in [2.75, 3.05) is 0 Å². The molecule has 20 heavy (non-hydrogen) atoms. The summed E-state index contributed by atoms with van der Waals surface area (Å²) in [6.07, 6.45) is 8.69. The van der Waals surface area contributed by atoms with E-state index in [4.69, 9.17) is 0 Å². The molecule has 106 valence electrons. The van der Waals surface area contributed by atoms with Crippen molar-refractivity contribution in [1.29, 1.82) is 0 Å². The zero-order valence-electron chi connectivity index (χ0n) is 11.9. The van der Waals surface area contributed by atoms with Crippen LogP contribution in [0.2, 0.25) is 0 Å². The van der Waals surface area contributed by atoms with Gasteiger partial charge < -0.3 is 5.32 Å². The second-order valence-electron chi connectivity index (χ2n) is 4.61. The van der Waals surface area contributed by atoms with E-state index in [1.165, 1.54) is 6.08 Å². The highest BCUT2D eigenvalue weighted by molar-refractivity contribution is 5.91. The summed E-state index contributed by atoms with van der Waals surface area (Å²) in [4.78, 5) is 11.8. The Bertz CT molecular complexity index is 611. The van der Waals surface area contributed by atoms with Crippen LogP contribution in [0, 0.1) is 0 Å². The summed E-state index contributed by atoms with van der Waals surface area (Å²) in [6, 6.07) is 1.80. The maximum atomic E-state index is 11.8. The van der Waals surface area contributed by atoms with E-state index in [1.54, 1.807) is 17.0 Å². The molecule has 0 bridgehead atoms. The number of carbonyl (C=O) groups is 1. The van der Waals surface area contributed by atoms with Crippen LogP contribution in [0.5, 0.6) is 0 Å². The molecule has 1 atom stereocenters. The molecule has 0 saturated heterocycles. The molecule has 0 aliphatic carbocycles. The average molecular weight is 273 g/mol. The third-order valence-corrected chi connectivity index (χ3v) is 2.94. The van der Waals surface area contributed by atoms with Crippen molar-refractivity contribution < 1.29 is 4.79 Å². The first-order valence-corrected chi connectivity index (χ1v) is 6.59. The Morgan fingerprint density at radius 2 is 2.35 bits per heavy atom. The molecule has 0 aliphatic heterocycles. The lowest BCUT2D eigenvalue weighted by Gasteiger charge is -2.09. The lowest BCUT2D eigenvalue weighted by Crippen LogP contribution is -2.25. The highest BCUT2D eigenvalue weighted by atomic mass is 16.1. The Kier molecular flexibility index (Phi) is 4.34. The van der Waals surface area contributed by atoms with Crippen LogP contribution in [0.15, 0.2) is 30.7 Å². The molecule has 0 fully saturated rings. The van der Waals surface area contributed by atoms with Gasteiger partial charge in [-0.2, -0.15) is 10.2 Å². The molecule has 0 saturated carbocycles. The van der Waals surface area contributed by atoms with Gasteiger partial charge in [0.15, 0.2) is 0 Å². The quantitative estimate of drug-likeness (QED) is 0.840. The Morgan fingerprint density at radius 3 is 2.95 bits per heavy atom. The maximum Gasteiger partial charge on any atom is 0.244 e. The number of aryl methyl sites for hydroxylation is 2. The molecule has 0 radical (unpaired) electrons. The molecule has 2 aromatic heterocycles. The highest BCUT2D eigenvalue weighted by Crippen LogP contribution is 2.09. The van der Waals surface area contributed by atoms with Gasteiger partial charge in [0.05, 0.1) is 17.9 Å². The summed E-state index contributed by atoms with van der Waals surface area (Å²) in [6.45, 7) is 4.76. The lowest BCUT2D eigenvalue weighted by molar-refractivity contribution is -0.117. The molecule has 2 rings (SSSR count). The SMILES string of the molecule is CCn1ccc(C(C)NC(=O)/C=C/c2cnn(C)c2)n1. The van der Waals surface area contributed by atoms with Gasteiger partial charge in [-0.15, -0.1) is 0 Å². The van der Waals surface area contributed by atoms with Crippen LogP contribution in [-0.4, -0.2) is 25.5 Å². The minimum atomic E-state index is -0.146. The highest BCUT2D eigenvalue weighted by Gasteiger charge is 2.10. The number of nitrogens with zero attached hydrogens (tertiary/aromatic N) is 4. The smallest absolute Gasteiger partial charge is 0.244 e.